The predicted molar refractivity (Wildman–Crippen MR) is 56.0 cm³/mol. The van der Waals surface area contributed by atoms with Crippen LogP contribution < -0.4 is 5.56 Å². The zero-order valence-electron chi connectivity index (χ0n) is 7.79. The first-order valence-corrected chi connectivity index (χ1v) is 4.87. The highest BCUT2D eigenvalue weighted by atomic mass is 32.1. The van der Waals surface area contributed by atoms with Gasteiger partial charge in [-0.3, -0.25) is 14.3 Å². The highest BCUT2D eigenvalue weighted by Gasteiger charge is 2.19. The lowest BCUT2D eigenvalue weighted by Crippen LogP contribution is -2.18. The van der Waals surface area contributed by atoms with Crippen LogP contribution in [0.3, 0.4) is 0 Å². The Morgan fingerprint density at radius 2 is 2.40 bits per heavy atom. The Labute approximate surface area is 90.6 Å². The molecule has 2 rings (SSSR count). The third-order valence-corrected chi connectivity index (χ3v) is 2.42. The van der Waals surface area contributed by atoms with E-state index in [1.807, 2.05) is 0 Å². The summed E-state index contributed by atoms with van der Waals surface area (Å²) in [5.41, 5.74) is -0.239. The number of hydrogen-bond donors (Lipinski definition) is 2. The van der Waals surface area contributed by atoms with Gasteiger partial charge in [-0.2, -0.15) is 0 Å². The van der Waals surface area contributed by atoms with E-state index in [2.05, 4.69) is 4.98 Å². The van der Waals surface area contributed by atoms with Crippen LogP contribution in [0.15, 0.2) is 29.2 Å². The molecule has 0 fully saturated rings. The highest BCUT2D eigenvalue weighted by molar-refractivity contribution is 7.71. The van der Waals surface area contributed by atoms with Crippen molar-refractivity contribution in [2.45, 2.75) is 12.3 Å². The first kappa shape index (κ1) is 10.3. The molecule has 80 valence electrons. The molecule has 0 radical (unpaired) electrons. The molecular formula is C9H10N2O3S. The summed E-state index contributed by atoms with van der Waals surface area (Å²) >= 11 is 4.98. The number of aromatic nitrogens is 2. The maximum Gasteiger partial charge on any atom is 0.251 e. The summed E-state index contributed by atoms with van der Waals surface area (Å²) < 4.78 is 7.35. The van der Waals surface area contributed by atoms with Crippen LogP contribution in [-0.4, -0.2) is 27.4 Å². The van der Waals surface area contributed by atoms with Gasteiger partial charge in [0.1, 0.15) is 6.10 Å². The molecule has 0 unspecified atom stereocenters. The van der Waals surface area contributed by atoms with Gasteiger partial charge in [-0.05, 0) is 18.3 Å². The molecule has 1 aromatic heterocycles. The Balaban J connectivity index is 2.29. The van der Waals surface area contributed by atoms with E-state index in [1.165, 1.54) is 6.07 Å². The number of aromatic amines is 1. The van der Waals surface area contributed by atoms with Crippen molar-refractivity contribution in [3.8, 4) is 0 Å². The number of nitrogens with zero attached hydrogens (tertiary/aromatic N) is 1. The number of nitrogens with one attached hydrogen (secondary N) is 1. The number of H-pyrrole nitrogens is 1. The van der Waals surface area contributed by atoms with Crippen LogP contribution in [0.1, 0.15) is 6.23 Å². The standard InChI is InChI=1S/C9H10N2O3S/c12-5-6-1-2-8(14-6)11-4-3-7(13)10-9(11)15/h1-4,6,8,12H,5H2,(H,10,13,15)/t6-,8+/m0/s1. The molecule has 0 spiro atoms. The van der Waals surface area contributed by atoms with Gasteiger partial charge >= 0.3 is 0 Å². The summed E-state index contributed by atoms with van der Waals surface area (Å²) in [6, 6.07) is 1.37. The van der Waals surface area contributed by atoms with Gasteiger partial charge in [0.25, 0.3) is 5.56 Å². The quantitative estimate of drug-likeness (QED) is 0.564. The van der Waals surface area contributed by atoms with E-state index in [4.69, 9.17) is 22.1 Å². The molecule has 0 amide bonds. The largest absolute Gasteiger partial charge is 0.393 e. The van der Waals surface area contributed by atoms with E-state index in [1.54, 1.807) is 22.9 Å². The second-order valence-electron chi connectivity index (χ2n) is 3.15. The molecule has 0 saturated heterocycles. The predicted octanol–water partition coefficient (Wildman–Crippen LogP) is 0.352. The Morgan fingerprint density at radius 1 is 1.60 bits per heavy atom. The number of aliphatic hydroxyl groups excluding tert-OH is 1. The van der Waals surface area contributed by atoms with Crippen molar-refractivity contribution in [1.82, 2.24) is 9.55 Å². The molecule has 2 N–H and O–H groups in total. The van der Waals surface area contributed by atoms with Gasteiger partial charge in [-0.1, -0.05) is 6.08 Å². The van der Waals surface area contributed by atoms with E-state index >= 15 is 0 Å². The molecule has 5 nitrogen and oxygen atoms in total. The third-order valence-electron chi connectivity index (χ3n) is 2.11. The molecule has 2 atom stereocenters. The summed E-state index contributed by atoms with van der Waals surface area (Å²) in [5.74, 6) is 0. The molecule has 2 heterocycles. The summed E-state index contributed by atoms with van der Waals surface area (Å²) in [7, 11) is 0. The van der Waals surface area contributed by atoms with E-state index in [0.717, 1.165) is 0 Å². The Hall–Kier alpha value is -1.24. The van der Waals surface area contributed by atoms with Crippen molar-refractivity contribution in [3.05, 3.63) is 39.5 Å². The van der Waals surface area contributed by atoms with Crippen molar-refractivity contribution < 1.29 is 9.84 Å². The molecule has 15 heavy (non-hydrogen) atoms. The zero-order valence-corrected chi connectivity index (χ0v) is 8.61. The van der Waals surface area contributed by atoms with Crippen molar-refractivity contribution in [3.63, 3.8) is 0 Å². The second-order valence-corrected chi connectivity index (χ2v) is 3.54. The lowest BCUT2D eigenvalue weighted by atomic mass is 10.4. The van der Waals surface area contributed by atoms with Crippen LogP contribution in [0.5, 0.6) is 0 Å². The van der Waals surface area contributed by atoms with Gasteiger partial charge < -0.3 is 9.84 Å². The first-order chi connectivity index (χ1) is 7.20. The van der Waals surface area contributed by atoms with Gasteiger partial charge in [0.15, 0.2) is 11.0 Å². The zero-order chi connectivity index (χ0) is 10.8. The maximum absolute atomic E-state index is 10.9. The highest BCUT2D eigenvalue weighted by Crippen LogP contribution is 2.20. The van der Waals surface area contributed by atoms with Crippen LogP contribution in [-0.2, 0) is 4.74 Å². The minimum absolute atomic E-state index is 0.0658. The van der Waals surface area contributed by atoms with Gasteiger partial charge in [0.05, 0.1) is 6.61 Å². The molecule has 1 aromatic rings. The lowest BCUT2D eigenvalue weighted by Gasteiger charge is -2.15. The van der Waals surface area contributed by atoms with Gasteiger partial charge in [0.2, 0.25) is 0 Å². The van der Waals surface area contributed by atoms with Crippen LogP contribution >= 0.6 is 12.2 Å². The molecule has 0 saturated carbocycles. The van der Waals surface area contributed by atoms with Gasteiger partial charge in [-0.25, -0.2) is 0 Å². The van der Waals surface area contributed by atoms with Crippen LogP contribution in [0.25, 0.3) is 0 Å². The van der Waals surface area contributed by atoms with Crippen molar-refractivity contribution in [2.75, 3.05) is 6.61 Å². The molecule has 0 aromatic carbocycles. The average molecular weight is 226 g/mol. The normalized spacial score (nSPS) is 24.6. The average Bonchev–Trinajstić information content (AvgIpc) is 2.66. The second kappa shape index (κ2) is 4.09. The molecule has 0 bridgehead atoms. The van der Waals surface area contributed by atoms with Gasteiger partial charge in [-0.15, -0.1) is 0 Å². The molecule has 1 aliphatic rings. The van der Waals surface area contributed by atoms with Crippen LogP contribution in [0, 0.1) is 4.77 Å². The maximum atomic E-state index is 10.9. The Kier molecular flexibility index (Phi) is 2.81. The number of ether oxygens (including phenoxy) is 1. The molecule has 1 aliphatic heterocycles. The molecule has 6 heteroatoms. The fourth-order valence-corrected chi connectivity index (χ4v) is 1.64. The van der Waals surface area contributed by atoms with Crippen molar-refractivity contribution in [1.29, 1.82) is 0 Å². The Bertz CT molecular complexity index is 491. The smallest absolute Gasteiger partial charge is 0.251 e. The fraction of sp³-hybridized carbons (Fsp3) is 0.333. The molecule has 0 aliphatic carbocycles. The minimum atomic E-state index is -0.355. The topological polar surface area (TPSA) is 67.2 Å². The summed E-state index contributed by atoms with van der Waals surface area (Å²) in [6.45, 7) is -0.0658. The van der Waals surface area contributed by atoms with Gasteiger partial charge in [0, 0.05) is 12.3 Å². The first-order valence-electron chi connectivity index (χ1n) is 4.47. The van der Waals surface area contributed by atoms with Crippen molar-refractivity contribution in [2.24, 2.45) is 0 Å². The number of hydrogen-bond acceptors (Lipinski definition) is 4. The van der Waals surface area contributed by atoms with E-state index in [0.29, 0.717) is 4.77 Å². The van der Waals surface area contributed by atoms with E-state index in [-0.39, 0.29) is 24.5 Å². The van der Waals surface area contributed by atoms with E-state index in [9.17, 15) is 4.79 Å². The SMILES string of the molecule is O=c1ccn([C@H]2C=C[C@@H](CO)O2)c(=S)[nH]1. The summed E-state index contributed by atoms with van der Waals surface area (Å²) in [5, 5.41) is 8.87. The van der Waals surface area contributed by atoms with Crippen LogP contribution in [0.2, 0.25) is 0 Å². The Morgan fingerprint density at radius 3 is 3.00 bits per heavy atom. The van der Waals surface area contributed by atoms with Crippen molar-refractivity contribution >= 4 is 12.2 Å². The third kappa shape index (κ3) is 2.06. The number of rotatable bonds is 2. The monoisotopic (exact) mass is 226 g/mol. The lowest BCUT2D eigenvalue weighted by molar-refractivity contribution is -0.00941. The fourth-order valence-electron chi connectivity index (χ4n) is 1.38. The van der Waals surface area contributed by atoms with Crippen LogP contribution in [0.4, 0.5) is 0 Å². The minimum Gasteiger partial charge on any atom is -0.393 e. The summed E-state index contributed by atoms with van der Waals surface area (Å²) in [6.07, 6.45) is 4.46. The van der Waals surface area contributed by atoms with E-state index < -0.39 is 0 Å². The molecular weight excluding hydrogens is 216 g/mol. The summed E-state index contributed by atoms with van der Waals surface area (Å²) in [4.78, 5) is 13.4. The number of aliphatic hydroxyl groups is 1.